The van der Waals surface area contributed by atoms with Crippen LogP contribution in [-0.2, 0) is 6.54 Å². The first kappa shape index (κ1) is 15.1. The van der Waals surface area contributed by atoms with Crippen LogP contribution in [0.15, 0.2) is 30.5 Å². The van der Waals surface area contributed by atoms with E-state index in [9.17, 15) is 13.9 Å². The van der Waals surface area contributed by atoms with Gasteiger partial charge in [0.05, 0.1) is 12.3 Å². The molecular weight excluding hydrogens is 288 g/mol. The molecule has 118 valence electrons. The number of aliphatic hydroxyl groups is 1. The Morgan fingerprint density at radius 1 is 1.18 bits per heavy atom. The average molecular weight is 307 g/mol. The van der Waals surface area contributed by atoms with Crippen LogP contribution >= 0.6 is 0 Å². The van der Waals surface area contributed by atoms with Crippen molar-refractivity contribution in [2.45, 2.75) is 37.8 Å². The molecule has 1 aliphatic rings. The molecule has 2 N–H and O–H groups in total. The van der Waals surface area contributed by atoms with Gasteiger partial charge < -0.3 is 10.4 Å². The lowest BCUT2D eigenvalue weighted by molar-refractivity contribution is 0.162. The van der Waals surface area contributed by atoms with E-state index in [-0.39, 0.29) is 17.8 Å². The molecule has 4 nitrogen and oxygen atoms in total. The highest BCUT2D eigenvalue weighted by molar-refractivity contribution is 5.34. The summed E-state index contributed by atoms with van der Waals surface area (Å²) < 4.78 is 28.7. The molecule has 22 heavy (non-hydrogen) atoms. The second-order valence-electron chi connectivity index (χ2n) is 5.82. The van der Waals surface area contributed by atoms with Crippen molar-refractivity contribution >= 4 is 0 Å². The quantitative estimate of drug-likeness (QED) is 0.892. The van der Waals surface area contributed by atoms with Gasteiger partial charge in [-0.2, -0.15) is 5.10 Å². The lowest BCUT2D eigenvalue weighted by atomic mass is 9.99. The molecule has 1 saturated carbocycles. The molecule has 1 aromatic heterocycles. The van der Waals surface area contributed by atoms with E-state index >= 15 is 0 Å². The van der Waals surface area contributed by atoms with Crippen molar-refractivity contribution in [3.8, 4) is 5.69 Å². The molecular formula is C16H19F2N3O. The zero-order valence-corrected chi connectivity index (χ0v) is 12.2. The Morgan fingerprint density at radius 3 is 2.50 bits per heavy atom. The van der Waals surface area contributed by atoms with E-state index in [2.05, 4.69) is 10.4 Å². The first-order valence-corrected chi connectivity index (χ1v) is 7.48. The normalized spacial score (nSPS) is 17.0. The molecule has 1 fully saturated rings. The Balaban J connectivity index is 1.74. The highest BCUT2D eigenvalue weighted by Gasteiger charge is 2.32. The maximum Gasteiger partial charge on any atom is 0.151 e. The SMILES string of the molecule is OCC1(NCc2ccn(-c3c(F)cccc3F)n2)CCCC1. The Labute approximate surface area is 127 Å². The van der Waals surface area contributed by atoms with E-state index in [0.717, 1.165) is 25.7 Å². The predicted molar refractivity (Wildman–Crippen MR) is 78.6 cm³/mol. The number of halogens is 2. The van der Waals surface area contributed by atoms with Gasteiger partial charge in [0.2, 0.25) is 0 Å². The number of aliphatic hydroxyl groups excluding tert-OH is 1. The number of para-hydroxylation sites is 1. The van der Waals surface area contributed by atoms with Gasteiger partial charge in [-0.15, -0.1) is 0 Å². The summed E-state index contributed by atoms with van der Waals surface area (Å²) in [7, 11) is 0. The van der Waals surface area contributed by atoms with Gasteiger partial charge in [-0.25, -0.2) is 13.5 Å². The van der Waals surface area contributed by atoms with Crippen molar-refractivity contribution in [3.63, 3.8) is 0 Å². The molecule has 0 radical (unpaired) electrons. The molecule has 1 heterocycles. The third-order valence-electron chi connectivity index (χ3n) is 4.32. The minimum absolute atomic E-state index is 0.0929. The number of benzene rings is 1. The molecule has 0 bridgehead atoms. The summed E-state index contributed by atoms with van der Waals surface area (Å²) in [6.07, 6.45) is 5.61. The Kier molecular flexibility index (Phi) is 4.22. The molecule has 0 unspecified atom stereocenters. The van der Waals surface area contributed by atoms with E-state index in [1.54, 1.807) is 12.3 Å². The molecule has 2 aromatic rings. The summed E-state index contributed by atoms with van der Waals surface area (Å²) in [6, 6.07) is 5.46. The fourth-order valence-electron chi connectivity index (χ4n) is 3.01. The van der Waals surface area contributed by atoms with Crippen LogP contribution in [0.2, 0.25) is 0 Å². The van der Waals surface area contributed by atoms with Crippen molar-refractivity contribution < 1.29 is 13.9 Å². The molecule has 0 atom stereocenters. The minimum Gasteiger partial charge on any atom is -0.394 e. The van der Waals surface area contributed by atoms with E-state index in [4.69, 9.17) is 0 Å². The van der Waals surface area contributed by atoms with Crippen LogP contribution in [0.1, 0.15) is 31.4 Å². The van der Waals surface area contributed by atoms with Gasteiger partial charge in [-0.05, 0) is 31.0 Å². The molecule has 3 rings (SSSR count). The summed E-state index contributed by atoms with van der Waals surface area (Å²) in [5.74, 6) is -1.30. The van der Waals surface area contributed by atoms with Gasteiger partial charge in [-0.1, -0.05) is 18.9 Å². The van der Waals surface area contributed by atoms with Crippen LogP contribution in [-0.4, -0.2) is 27.0 Å². The third-order valence-corrected chi connectivity index (χ3v) is 4.32. The van der Waals surface area contributed by atoms with E-state index < -0.39 is 11.6 Å². The van der Waals surface area contributed by atoms with Crippen molar-refractivity contribution in [2.75, 3.05) is 6.61 Å². The first-order valence-electron chi connectivity index (χ1n) is 7.48. The maximum atomic E-state index is 13.7. The molecule has 0 saturated heterocycles. The monoisotopic (exact) mass is 307 g/mol. The highest BCUT2D eigenvalue weighted by atomic mass is 19.1. The van der Waals surface area contributed by atoms with Crippen LogP contribution < -0.4 is 5.32 Å². The van der Waals surface area contributed by atoms with E-state index in [1.165, 1.54) is 22.9 Å². The van der Waals surface area contributed by atoms with E-state index in [0.29, 0.717) is 12.2 Å². The Hall–Kier alpha value is -1.79. The molecule has 0 aliphatic heterocycles. The average Bonchev–Trinajstić information content (AvgIpc) is 3.15. The second-order valence-corrected chi connectivity index (χ2v) is 5.82. The summed E-state index contributed by atoms with van der Waals surface area (Å²) >= 11 is 0. The lowest BCUT2D eigenvalue weighted by Gasteiger charge is -2.27. The van der Waals surface area contributed by atoms with Gasteiger partial charge in [0.25, 0.3) is 0 Å². The number of aromatic nitrogens is 2. The number of hydrogen-bond acceptors (Lipinski definition) is 3. The Morgan fingerprint density at radius 2 is 1.86 bits per heavy atom. The van der Waals surface area contributed by atoms with E-state index in [1.807, 2.05) is 0 Å². The smallest absolute Gasteiger partial charge is 0.151 e. The summed E-state index contributed by atoms with van der Waals surface area (Å²) in [5, 5.41) is 17.1. The van der Waals surface area contributed by atoms with Crippen LogP contribution in [0.4, 0.5) is 8.78 Å². The lowest BCUT2D eigenvalue weighted by Crippen LogP contribution is -2.45. The zero-order chi connectivity index (χ0) is 15.6. The minimum atomic E-state index is -0.648. The van der Waals surface area contributed by atoms with Crippen molar-refractivity contribution in [2.24, 2.45) is 0 Å². The van der Waals surface area contributed by atoms with Gasteiger partial charge in [0, 0.05) is 18.3 Å². The van der Waals surface area contributed by atoms with Crippen molar-refractivity contribution in [1.82, 2.24) is 15.1 Å². The third kappa shape index (κ3) is 2.89. The van der Waals surface area contributed by atoms with Gasteiger partial charge >= 0.3 is 0 Å². The van der Waals surface area contributed by atoms with Crippen LogP contribution in [0.25, 0.3) is 5.69 Å². The van der Waals surface area contributed by atoms with Crippen LogP contribution in [0.3, 0.4) is 0 Å². The molecule has 1 aromatic carbocycles. The van der Waals surface area contributed by atoms with Crippen molar-refractivity contribution in [1.29, 1.82) is 0 Å². The largest absolute Gasteiger partial charge is 0.394 e. The molecule has 0 amide bonds. The molecule has 1 aliphatic carbocycles. The van der Waals surface area contributed by atoms with Crippen LogP contribution in [0, 0.1) is 11.6 Å². The fraction of sp³-hybridized carbons (Fsp3) is 0.438. The maximum absolute atomic E-state index is 13.7. The van der Waals surface area contributed by atoms with Crippen molar-refractivity contribution in [3.05, 3.63) is 47.8 Å². The molecule has 0 spiro atoms. The van der Waals surface area contributed by atoms with Crippen LogP contribution in [0.5, 0.6) is 0 Å². The highest BCUT2D eigenvalue weighted by Crippen LogP contribution is 2.29. The standard InChI is InChI=1S/C16H19F2N3O/c17-13-4-3-5-14(18)15(13)21-9-6-12(20-21)10-19-16(11-22)7-1-2-8-16/h3-6,9,19,22H,1-2,7-8,10-11H2. The van der Waals surface area contributed by atoms with Gasteiger partial charge in [-0.3, -0.25) is 0 Å². The first-order chi connectivity index (χ1) is 10.6. The molecule has 6 heteroatoms. The number of hydrogen-bond donors (Lipinski definition) is 2. The summed E-state index contributed by atoms with van der Waals surface area (Å²) in [6.45, 7) is 0.555. The second kappa shape index (κ2) is 6.14. The number of nitrogens with zero attached hydrogens (tertiary/aromatic N) is 2. The number of nitrogens with one attached hydrogen (secondary N) is 1. The summed E-state index contributed by atoms with van der Waals surface area (Å²) in [4.78, 5) is 0. The fourth-order valence-corrected chi connectivity index (χ4v) is 3.01. The zero-order valence-electron chi connectivity index (χ0n) is 12.2. The van der Waals surface area contributed by atoms with Gasteiger partial charge in [0.15, 0.2) is 11.6 Å². The number of rotatable bonds is 5. The van der Waals surface area contributed by atoms with Gasteiger partial charge in [0.1, 0.15) is 5.69 Å². The predicted octanol–water partition coefficient (Wildman–Crippen LogP) is 2.55. The topological polar surface area (TPSA) is 50.1 Å². The summed E-state index contributed by atoms with van der Waals surface area (Å²) in [5.41, 5.74) is 0.265. The Bertz CT molecular complexity index is 630.